The van der Waals surface area contributed by atoms with Gasteiger partial charge in [0.15, 0.2) is 5.82 Å². The van der Waals surface area contributed by atoms with E-state index in [1.807, 2.05) is 24.3 Å². The summed E-state index contributed by atoms with van der Waals surface area (Å²) in [4.78, 5) is 15.1. The zero-order chi connectivity index (χ0) is 27.2. The van der Waals surface area contributed by atoms with E-state index in [0.717, 1.165) is 55.8 Å². The minimum atomic E-state index is 0.704. The van der Waals surface area contributed by atoms with Crippen molar-refractivity contribution in [1.29, 1.82) is 0 Å². The Morgan fingerprint density at radius 1 is 0.439 bits per heavy atom. The van der Waals surface area contributed by atoms with Gasteiger partial charge in [0, 0.05) is 27.8 Å². The van der Waals surface area contributed by atoms with Crippen LogP contribution in [0.2, 0.25) is 0 Å². The van der Waals surface area contributed by atoms with E-state index in [9.17, 15) is 0 Å². The summed E-state index contributed by atoms with van der Waals surface area (Å²) < 4.78 is 2.22. The van der Waals surface area contributed by atoms with Crippen molar-refractivity contribution in [2.45, 2.75) is 0 Å². The van der Waals surface area contributed by atoms with Crippen molar-refractivity contribution in [3.8, 4) is 39.7 Å². The first-order valence-corrected chi connectivity index (χ1v) is 13.7. The molecule has 2 heterocycles. The zero-order valence-electron chi connectivity index (χ0n) is 22.1. The lowest BCUT2D eigenvalue weighted by Crippen LogP contribution is -1.98. The number of para-hydroxylation sites is 4. The standard InChI is InChI=1S/C37H24N4/c1-2-12-30(13-3-1)41-34-17-9-8-16-33(34)39-37(41)27-21-19-26(20-22-27)36-38-32-15-7-6-14-31(32)35(40-36)29-23-18-25-10-4-5-11-28(25)24-29/h1-24H. The van der Waals surface area contributed by atoms with E-state index in [0.29, 0.717) is 5.82 Å². The maximum absolute atomic E-state index is 5.12. The van der Waals surface area contributed by atoms with E-state index in [-0.39, 0.29) is 0 Å². The molecule has 0 amide bonds. The van der Waals surface area contributed by atoms with E-state index in [4.69, 9.17) is 15.0 Å². The second-order valence-electron chi connectivity index (χ2n) is 10.1. The summed E-state index contributed by atoms with van der Waals surface area (Å²) in [7, 11) is 0. The van der Waals surface area contributed by atoms with Crippen LogP contribution < -0.4 is 0 Å². The molecule has 0 aliphatic heterocycles. The highest BCUT2D eigenvalue weighted by Gasteiger charge is 2.16. The van der Waals surface area contributed by atoms with Gasteiger partial charge in [0.05, 0.1) is 22.2 Å². The summed E-state index contributed by atoms with van der Waals surface area (Å²) in [6.07, 6.45) is 0. The lowest BCUT2D eigenvalue weighted by atomic mass is 10.0. The van der Waals surface area contributed by atoms with Gasteiger partial charge in [0.2, 0.25) is 0 Å². The molecule has 0 unspecified atom stereocenters. The van der Waals surface area contributed by atoms with Gasteiger partial charge in [-0.3, -0.25) is 4.57 Å². The van der Waals surface area contributed by atoms with Gasteiger partial charge in [0.1, 0.15) is 5.82 Å². The van der Waals surface area contributed by atoms with Gasteiger partial charge in [0.25, 0.3) is 0 Å². The molecule has 0 spiro atoms. The van der Waals surface area contributed by atoms with Crippen LogP contribution in [0, 0.1) is 0 Å². The lowest BCUT2D eigenvalue weighted by molar-refractivity contribution is 1.10. The van der Waals surface area contributed by atoms with Gasteiger partial charge < -0.3 is 0 Å². The smallest absolute Gasteiger partial charge is 0.160 e. The maximum atomic E-state index is 5.12. The Morgan fingerprint density at radius 3 is 1.95 bits per heavy atom. The second kappa shape index (κ2) is 9.54. The number of hydrogen-bond donors (Lipinski definition) is 0. The van der Waals surface area contributed by atoms with E-state index < -0.39 is 0 Å². The number of hydrogen-bond acceptors (Lipinski definition) is 3. The van der Waals surface area contributed by atoms with Crippen LogP contribution in [0.1, 0.15) is 0 Å². The molecule has 2 aromatic heterocycles. The molecule has 0 saturated heterocycles. The molecule has 0 N–H and O–H groups in total. The monoisotopic (exact) mass is 524 g/mol. The minimum absolute atomic E-state index is 0.704. The maximum Gasteiger partial charge on any atom is 0.160 e. The third-order valence-electron chi connectivity index (χ3n) is 7.60. The van der Waals surface area contributed by atoms with Gasteiger partial charge in [-0.25, -0.2) is 15.0 Å². The molecule has 6 aromatic carbocycles. The van der Waals surface area contributed by atoms with Crippen molar-refractivity contribution >= 4 is 32.7 Å². The van der Waals surface area contributed by atoms with Crippen molar-refractivity contribution in [3.05, 3.63) is 146 Å². The molecule has 8 aromatic rings. The zero-order valence-corrected chi connectivity index (χ0v) is 22.1. The van der Waals surface area contributed by atoms with Crippen molar-refractivity contribution in [1.82, 2.24) is 19.5 Å². The highest BCUT2D eigenvalue weighted by molar-refractivity contribution is 5.96. The highest BCUT2D eigenvalue weighted by atomic mass is 15.1. The molecule has 0 fully saturated rings. The SMILES string of the molecule is c1ccc(-n2c(-c3ccc(-c4nc(-c5ccc6ccccc6c5)c5ccccc5n4)cc3)nc3ccccc32)cc1. The van der Waals surface area contributed by atoms with Crippen molar-refractivity contribution in [2.75, 3.05) is 0 Å². The fraction of sp³-hybridized carbons (Fsp3) is 0. The quantitative estimate of drug-likeness (QED) is 0.231. The summed E-state index contributed by atoms with van der Waals surface area (Å²) in [6, 6.07) is 50.2. The van der Waals surface area contributed by atoms with E-state index in [1.165, 1.54) is 10.8 Å². The number of fused-ring (bicyclic) bond motifs is 3. The summed E-state index contributed by atoms with van der Waals surface area (Å²) in [5.74, 6) is 1.61. The molecule has 0 radical (unpaired) electrons. The normalized spacial score (nSPS) is 11.4. The minimum Gasteiger partial charge on any atom is -0.292 e. The van der Waals surface area contributed by atoms with Crippen LogP contribution in [0.25, 0.3) is 72.4 Å². The predicted molar refractivity (Wildman–Crippen MR) is 168 cm³/mol. The van der Waals surface area contributed by atoms with Gasteiger partial charge in [-0.1, -0.05) is 109 Å². The molecule has 4 heteroatoms. The Bertz CT molecular complexity index is 2200. The fourth-order valence-electron chi connectivity index (χ4n) is 5.59. The lowest BCUT2D eigenvalue weighted by Gasteiger charge is -2.11. The molecule has 0 saturated carbocycles. The van der Waals surface area contributed by atoms with E-state index in [1.54, 1.807) is 0 Å². The Morgan fingerprint density at radius 2 is 1.10 bits per heavy atom. The summed E-state index contributed by atoms with van der Waals surface area (Å²) in [5, 5.41) is 3.45. The van der Waals surface area contributed by atoms with Crippen LogP contribution in [-0.2, 0) is 0 Å². The molecule has 0 atom stereocenters. The van der Waals surface area contributed by atoms with Crippen molar-refractivity contribution < 1.29 is 0 Å². The van der Waals surface area contributed by atoms with Gasteiger partial charge in [-0.2, -0.15) is 0 Å². The van der Waals surface area contributed by atoms with Crippen LogP contribution in [0.15, 0.2) is 146 Å². The van der Waals surface area contributed by atoms with Crippen LogP contribution in [0.4, 0.5) is 0 Å². The average Bonchev–Trinajstić information content (AvgIpc) is 3.44. The molecule has 0 aliphatic rings. The Hall–Kier alpha value is -5.61. The van der Waals surface area contributed by atoms with Crippen molar-refractivity contribution in [2.24, 2.45) is 0 Å². The average molecular weight is 525 g/mol. The van der Waals surface area contributed by atoms with Crippen LogP contribution in [-0.4, -0.2) is 19.5 Å². The predicted octanol–water partition coefficient (Wildman–Crippen LogP) is 9.12. The number of aromatic nitrogens is 4. The molecular formula is C37H24N4. The van der Waals surface area contributed by atoms with E-state index in [2.05, 4.69) is 126 Å². The molecule has 0 aliphatic carbocycles. The third kappa shape index (κ3) is 4.05. The molecule has 41 heavy (non-hydrogen) atoms. The second-order valence-corrected chi connectivity index (χ2v) is 10.1. The fourth-order valence-corrected chi connectivity index (χ4v) is 5.59. The Labute approximate surface area is 237 Å². The summed E-state index contributed by atoms with van der Waals surface area (Å²) in [6.45, 7) is 0. The van der Waals surface area contributed by atoms with Gasteiger partial charge in [-0.05, 0) is 47.2 Å². The van der Waals surface area contributed by atoms with E-state index >= 15 is 0 Å². The molecule has 4 nitrogen and oxygen atoms in total. The number of imidazole rings is 1. The highest BCUT2D eigenvalue weighted by Crippen LogP contribution is 2.33. The molecule has 192 valence electrons. The first kappa shape index (κ1) is 23.3. The number of benzene rings is 6. The Kier molecular flexibility index (Phi) is 5.42. The topological polar surface area (TPSA) is 43.6 Å². The largest absolute Gasteiger partial charge is 0.292 e. The third-order valence-corrected chi connectivity index (χ3v) is 7.60. The van der Waals surface area contributed by atoms with Crippen molar-refractivity contribution in [3.63, 3.8) is 0 Å². The van der Waals surface area contributed by atoms with Gasteiger partial charge >= 0.3 is 0 Å². The first-order chi connectivity index (χ1) is 20.3. The first-order valence-electron chi connectivity index (χ1n) is 13.7. The van der Waals surface area contributed by atoms with Crippen LogP contribution >= 0.6 is 0 Å². The molecular weight excluding hydrogens is 500 g/mol. The van der Waals surface area contributed by atoms with Crippen LogP contribution in [0.5, 0.6) is 0 Å². The number of rotatable bonds is 4. The van der Waals surface area contributed by atoms with Crippen LogP contribution in [0.3, 0.4) is 0 Å². The molecule has 0 bridgehead atoms. The molecule has 8 rings (SSSR count). The summed E-state index contributed by atoms with van der Waals surface area (Å²) in [5.41, 5.74) is 8.06. The number of nitrogens with zero attached hydrogens (tertiary/aromatic N) is 4. The van der Waals surface area contributed by atoms with Gasteiger partial charge in [-0.15, -0.1) is 0 Å². The Balaban J connectivity index is 1.25. The summed E-state index contributed by atoms with van der Waals surface area (Å²) >= 11 is 0.